The van der Waals surface area contributed by atoms with Crippen LogP contribution in [0.4, 0.5) is 14.4 Å². The third kappa shape index (κ3) is 11.6. The summed E-state index contributed by atoms with van der Waals surface area (Å²) in [5.41, 5.74) is -1.54. The lowest BCUT2D eigenvalue weighted by Gasteiger charge is -2.48. The number of alkyl carbamates (subject to hydrolysis) is 2. The Balaban J connectivity index is 1.61. The number of likely N-dealkylation sites (N-methyl/N-ethyl adjacent to an activating group) is 1. The van der Waals surface area contributed by atoms with Gasteiger partial charge in [-0.2, -0.15) is 0 Å². The Morgan fingerprint density at radius 2 is 1.72 bits per heavy atom. The Labute approximate surface area is 383 Å². The van der Waals surface area contributed by atoms with E-state index in [1.165, 1.54) is 4.90 Å². The average Bonchev–Trinajstić information content (AvgIpc) is 3.58. The van der Waals surface area contributed by atoms with Gasteiger partial charge in [0.05, 0.1) is 23.6 Å². The molecule has 1 aromatic carbocycles. The van der Waals surface area contributed by atoms with E-state index in [1.807, 2.05) is 62.3 Å². The molecule has 14 atom stereocenters. The molecule has 4 heterocycles. The van der Waals surface area contributed by atoms with E-state index in [0.717, 1.165) is 16.5 Å². The monoisotopic (exact) mass is 910 g/mol. The van der Waals surface area contributed by atoms with Crippen LogP contribution in [0.1, 0.15) is 94.1 Å². The number of esters is 1. The SMILES string of the molecule is CC[C@H]1OC(=O)[C@H](C)[C@@H](OC(=O)N(CC)CC)[C@H](C)[C@@H](O[C@@H]2O[C@H](C)C[C@H](N(C)C)[C@H]2O)[C@](C)(OC(=O)NCC=Cc2cnc3ccccc3c2)C[C@@H](C)C(=O)[C@H](C)[C@H]2NC(=O)O[C@@]21C. The van der Waals surface area contributed by atoms with Gasteiger partial charge in [0.25, 0.3) is 0 Å². The lowest BCUT2D eigenvalue weighted by molar-refractivity contribution is -0.298. The highest BCUT2D eigenvalue weighted by atomic mass is 16.7. The number of aliphatic hydroxyl groups excluding tert-OH is 1. The summed E-state index contributed by atoms with van der Waals surface area (Å²) < 4.78 is 37.9. The molecule has 0 radical (unpaired) electrons. The van der Waals surface area contributed by atoms with E-state index in [0.29, 0.717) is 19.5 Å². The van der Waals surface area contributed by atoms with E-state index in [-0.39, 0.29) is 31.3 Å². The van der Waals surface area contributed by atoms with Gasteiger partial charge in [0.1, 0.15) is 35.8 Å². The van der Waals surface area contributed by atoms with Gasteiger partial charge in [0.2, 0.25) is 0 Å². The first-order valence-corrected chi connectivity index (χ1v) is 23.0. The molecule has 3 aliphatic rings. The number of para-hydroxylation sites is 1. The highest BCUT2D eigenvalue weighted by Gasteiger charge is 2.58. The van der Waals surface area contributed by atoms with Crippen LogP contribution in [0.5, 0.6) is 0 Å². The first-order valence-electron chi connectivity index (χ1n) is 23.0. The predicted molar refractivity (Wildman–Crippen MR) is 242 cm³/mol. The van der Waals surface area contributed by atoms with Crippen LogP contribution in [0.15, 0.2) is 42.6 Å². The lowest BCUT2D eigenvalue weighted by atomic mass is 9.73. The molecular weight excluding hydrogens is 839 g/mol. The minimum absolute atomic E-state index is 0.0480. The summed E-state index contributed by atoms with van der Waals surface area (Å²) >= 11 is 0. The van der Waals surface area contributed by atoms with Crippen LogP contribution in [-0.4, -0.2) is 144 Å². The number of aromatic nitrogens is 1. The number of pyridine rings is 1. The van der Waals surface area contributed by atoms with Crippen LogP contribution in [0, 0.1) is 23.7 Å². The maximum Gasteiger partial charge on any atom is 0.410 e. The number of rotatable bonds is 11. The van der Waals surface area contributed by atoms with Gasteiger partial charge >= 0.3 is 24.2 Å². The third-order valence-electron chi connectivity index (χ3n) is 13.5. The van der Waals surface area contributed by atoms with Gasteiger partial charge in [-0.1, -0.05) is 58.0 Å². The molecule has 0 unspecified atom stereocenters. The summed E-state index contributed by atoms with van der Waals surface area (Å²) in [5.74, 6) is -4.96. The Hall–Kier alpha value is -4.84. The molecule has 0 bridgehead atoms. The van der Waals surface area contributed by atoms with E-state index in [4.69, 9.17) is 28.4 Å². The number of Topliss-reactive ketones (excluding diaryl/α,β-unsaturated/α-hetero) is 1. The van der Waals surface area contributed by atoms with Gasteiger partial charge in [0.15, 0.2) is 11.9 Å². The van der Waals surface area contributed by atoms with Gasteiger partial charge in [-0.05, 0) is 92.6 Å². The zero-order chi connectivity index (χ0) is 48.0. The number of hydrogen-bond donors (Lipinski definition) is 3. The van der Waals surface area contributed by atoms with E-state index < -0.39 is 102 Å². The van der Waals surface area contributed by atoms with Crippen LogP contribution in [-0.2, 0) is 38.0 Å². The summed E-state index contributed by atoms with van der Waals surface area (Å²) in [6.07, 6.45) is -2.93. The van der Waals surface area contributed by atoms with E-state index >= 15 is 0 Å². The number of aliphatic hydroxyl groups is 1. The second-order valence-electron chi connectivity index (χ2n) is 18.6. The number of carbonyl (C=O) groups excluding carboxylic acids is 5. The quantitative estimate of drug-likeness (QED) is 0.172. The molecule has 65 heavy (non-hydrogen) atoms. The van der Waals surface area contributed by atoms with Crippen molar-refractivity contribution < 1.29 is 57.5 Å². The Bertz CT molecular complexity index is 2030. The lowest BCUT2D eigenvalue weighted by Crippen LogP contribution is -2.61. The fourth-order valence-corrected chi connectivity index (χ4v) is 9.87. The average molecular weight is 910 g/mol. The zero-order valence-corrected chi connectivity index (χ0v) is 40.1. The minimum atomic E-state index is -1.75. The number of nitrogens with zero attached hydrogens (tertiary/aromatic N) is 3. The first kappa shape index (κ1) is 51.1. The molecule has 0 spiro atoms. The van der Waals surface area contributed by atoms with Crippen molar-refractivity contribution in [2.24, 2.45) is 23.7 Å². The van der Waals surface area contributed by atoms with Crippen LogP contribution in [0.3, 0.4) is 0 Å². The number of cyclic esters (lactones) is 1. The third-order valence-corrected chi connectivity index (χ3v) is 13.5. The number of carbonyl (C=O) groups is 5. The van der Waals surface area contributed by atoms with Gasteiger partial charge in [-0.25, -0.2) is 14.4 Å². The van der Waals surface area contributed by atoms with Crippen molar-refractivity contribution in [3.05, 3.63) is 48.2 Å². The molecule has 0 aliphatic carbocycles. The number of ether oxygens (including phenoxy) is 6. The number of benzene rings is 1. The second-order valence-corrected chi connectivity index (χ2v) is 18.6. The maximum absolute atomic E-state index is 14.7. The fourth-order valence-electron chi connectivity index (χ4n) is 9.87. The van der Waals surface area contributed by atoms with Gasteiger partial charge in [-0.3, -0.25) is 14.6 Å². The van der Waals surface area contributed by atoms with Crippen molar-refractivity contribution in [2.75, 3.05) is 33.7 Å². The maximum atomic E-state index is 14.7. The summed E-state index contributed by atoms with van der Waals surface area (Å²) in [6, 6.07) is 8.40. The van der Waals surface area contributed by atoms with Crippen molar-refractivity contribution in [2.45, 2.75) is 149 Å². The van der Waals surface area contributed by atoms with Gasteiger partial charge < -0.3 is 54.0 Å². The number of fused-ring (bicyclic) bond motifs is 2. The Kier molecular flexibility index (Phi) is 17.0. The summed E-state index contributed by atoms with van der Waals surface area (Å²) in [6.45, 7) is 17.8. The molecule has 3 amide bonds. The highest BCUT2D eigenvalue weighted by Crippen LogP contribution is 2.42. The molecule has 1 aromatic heterocycles. The predicted octanol–water partition coefficient (Wildman–Crippen LogP) is 6.10. The topological polar surface area (TPSA) is 204 Å². The fraction of sp³-hybridized carbons (Fsp3) is 0.667. The standard InChI is InChI=1S/C48H71N5O12/c1-13-36-48(10)40(51-45(58)65-48)29(6)37(54)27(4)25-47(9,64-44(57)49-22-18-19-32-24-33-20-16-17-21-34(33)50-26-32)41(63-43-38(55)35(52(11)12)23-28(5)60-43)30(7)39(31(8)42(56)61-36)62-46(59)53(14-2)15-3/h16-21,24,26-31,35-36,38-41,43,55H,13-15,22-23,25H2,1-12H3,(H,49,57)(H,51,58)/t27-,28-,29+,30+,31-,35+,36-,38-,39+,40-,41-,43+,47-,48-/m1/s1. The summed E-state index contributed by atoms with van der Waals surface area (Å²) in [4.78, 5) is 78.1. The van der Waals surface area contributed by atoms with Crippen molar-refractivity contribution in [1.82, 2.24) is 25.4 Å². The van der Waals surface area contributed by atoms with Crippen molar-refractivity contribution in [3.63, 3.8) is 0 Å². The molecule has 3 saturated heterocycles. The molecule has 2 aromatic rings. The van der Waals surface area contributed by atoms with E-state index in [2.05, 4.69) is 15.6 Å². The molecule has 5 rings (SSSR count). The smallest absolute Gasteiger partial charge is 0.410 e. The first-order chi connectivity index (χ1) is 30.7. The molecule has 17 heteroatoms. The number of nitrogens with one attached hydrogen (secondary N) is 2. The number of hydrogen-bond acceptors (Lipinski definition) is 14. The van der Waals surface area contributed by atoms with Gasteiger partial charge in [0, 0.05) is 55.0 Å². The molecule has 360 valence electrons. The molecule has 3 N–H and O–H groups in total. The van der Waals surface area contributed by atoms with Crippen LogP contribution >= 0.6 is 0 Å². The van der Waals surface area contributed by atoms with Crippen molar-refractivity contribution >= 4 is 47.0 Å². The Morgan fingerprint density at radius 3 is 2.38 bits per heavy atom. The number of amides is 3. The summed E-state index contributed by atoms with van der Waals surface area (Å²) in [7, 11) is 3.68. The zero-order valence-electron chi connectivity index (χ0n) is 40.1. The van der Waals surface area contributed by atoms with Gasteiger partial charge in [-0.15, -0.1) is 0 Å². The molecular formula is C48H71N5O12. The minimum Gasteiger partial charge on any atom is -0.458 e. The molecule has 17 nitrogen and oxygen atoms in total. The largest absolute Gasteiger partial charge is 0.458 e. The van der Waals surface area contributed by atoms with Crippen LogP contribution in [0.25, 0.3) is 17.0 Å². The molecule has 0 saturated carbocycles. The van der Waals surface area contributed by atoms with E-state index in [1.54, 1.807) is 74.6 Å². The Morgan fingerprint density at radius 1 is 1.03 bits per heavy atom. The van der Waals surface area contributed by atoms with Crippen LogP contribution < -0.4 is 10.6 Å². The summed E-state index contributed by atoms with van der Waals surface area (Å²) in [5, 5.41) is 18.4. The van der Waals surface area contributed by atoms with Crippen molar-refractivity contribution in [1.29, 1.82) is 0 Å². The second kappa shape index (κ2) is 21.6. The van der Waals surface area contributed by atoms with Crippen molar-refractivity contribution in [3.8, 4) is 0 Å². The number of ketones is 1. The molecule has 3 aliphatic heterocycles. The highest BCUT2D eigenvalue weighted by molar-refractivity contribution is 5.85. The van der Waals surface area contributed by atoms with Crippen LogP contribution in [0.2, 0.25) is 0 Å². The van der Waals surface area contributed by atoms with E-state index in [9.17, 15) is 29.1 Å². The normalized spacial score (nSPS) is 34.8. The molecule has 3 fully saturated rings.